The molecule has 0 aromatic carbocycles. The van der Waals surface area contributed by atoms with Crippen molar-refractivity contribution in [3.63, 3.8) is 0 Å². The Bertz CT molecular complexity index is 424. The van der Waals surface area contributed by atoms with Gasteiger partial charge in [-0.2, -0.15) is 0 Å². The third-order valence-corrected chi connectivity index (χ3v) is 3.15. The van der Waals surface area contributed by atoms with E-state index in [1.807, 2.05) is 6.92 Å². The maximum atomic E-state index is 11.9. The van der Waals surface area contributed by atoms with Crippen molar-refractivity contribution in [2.45, 2.75) is 52.1 Å². The summed E-state index contributed by atoms with van der Waals surface area (Å²) in [5, 5.41) is 0.123. The van der Waals surface area contributed by atoms with Crippen LogP contribution in [0.2, 0.25) is 5.15 Å². The summed E-state index contributed by atoms with van der Waals surface area (Å²) in [5.41, 5.74) is 6.20. The van der Waals surface area contributed by atoms with Gasteiger partial charge in [0.25, 0.3) is 0 Å². The normalized spacial score (nSPS) is 12.2. The van der Waals surface area contributed by atoms with Gasteiger partial charge in [0.2, 0.25) is 0 Å². The van der Waals surface area contributed by atoms with Gasteiger partial charge in [-0.15, -0.1) is 0 Å². The largest absolute Gasteiger partial charge is 0.459 e. The Kier molecular flexibility index (Phi) is 6.64. The van der Waals surface area contributed by atoms with Crippen molar-refractivity contribution in [2.75, 3.05) is 5.73 Å². The summed E-state index contributed by atoms with van der Waals surface area (Å²) in [6.45, 7) is 4.05. The molecule has 0 aliphatic rings. The van der Waals surface area contributed by atoms with Crippen LogP contribution in [0.5, 0.6) is 0 Å². The minimum Gasteiger partial charge on any atom is -0.459 e. The molecule has 5 heteroatoms. The number of nitrogens with two attached hydrogens (primary N) is 1. The van der Waals surface area contributed by atoms with Gasteiger partial charge >= 0.3 is 5.97 Å². The molecule has 0 radical (unpaired) electrons. The van der Waals surface area contributed by atoms with Crippen molar-refractivity contribution in [1.82, 2.24) is 4.98 Å². The molecular formula is C14H21ClN2O2. The molecule has 0 aliphatic carbocycles. The Morgan fingerprint density at radius 2 is 2.21 bits per heavy atom. The lowest BCUT2D eigenvalue weighted by Gasteiger charge is -2.13. The average Bonchev–Trinajstić information content (AvgIpc) is 2.37. The molecule has 1 rings (SSSR count). The number of carbonyl (C=O) groups is 1. The van der Waals surface area contributed by atoms with Crippen molar-refractivity contribution >= 4 is 23.3 Å². The molecule has 0 spiro atoms. The monoisotopic (exact) mass is 284 g/mol. The molecular weight excluding hydrogens is 264 g/mol. The van der Waals surface area contributed by atoms with Crippen LogP contribution in [0.15, 0.2) is 12.3 Å². The van der Waals surface area contributed by atoms with Gasteiger partial charge in [-0.1, -0.05) is 37.8 Å². The SMILES string of the molecule is CCCCCCC(C)OC(=O)c1cc(N)cnc1Cl. The van der Waals surface area contributed by atoms with Crippen LogP contribution < -0.4 is 5.73 Å². The zero-order valence-corrected chi connectivity index (χ0v) is 12.2. The van der Waals surface area contributed by atoms with E-state index in [1.165, 1.54) is 31.5 Å². The fourth-order valence-electron chi connectivity index (χ4n) is 1.77. The van der Waals surface area contributed by atoms with Gasteiger partial charge in [0.05, 0.1) is 23.6 Å². The molecule has 1 heterocycles. The van der Waals surface area contributed by atoms with E-state index in [1.54, 1.807) is 0 Å². The number of halogens is 1. The minimum absolute atomic E-state index is 0.123. The molecule has 0 amide bonds. The van der Waals surface area contributed by atoms with E-state index in [2.05, 4.69) is 11.9 Å². The first-order chi connectivity index (χ1) is 9.04. The number of pyridine rings is 1. The van der Waals surface area contributed by atoms with E-state index in [0.29, 0.717) is 5.69 Å². The fraction of sp³-hybridized carbons (Fsp3) is 0.571. The number of carbonyl (C=O) groups excluding carboxylic acids is 1. The van der Waals surface area contributed by atoms with Crippen LogP contribution in [0.3, 0.4) is 0 Å². The number of esters is 1. The molecule has 0 bridgehead atoms. The Morgan fingerprint density at radius 3 is 2.89 bits per heavy atom. The van der Waals surface area contributed by atoms with Gasteiger partial charge in [-0.3, -0.25) is 0 Å². The second kappa shape index (κ2) is 8.00. The molecule has 1 aromatic rings. The van der Waals surface area contributed by atoms with Gasteiger partial charge < -0.3 is 10.5 Å². The smallest absolute Gasteiger partial charge is 0.341 e. The van der Waals surface area contributed by atoms with Gasteiger partial charge in [0.15, 0.2) is 0 Å². The number of unbranched alkanes of at least 4 members (excludes halogenated alkanes) is 3. The zero-order valence-electron chi connectivity index (χ0n) is 11.5. The molecule has 4 nitrogen and oxygen atoms in total. The number of anilines is 1. The number of nitrogens with zero attached hydrogens (tertiary/aromatic N) is 1. The molecule has 0 saturated heterocycles. The molecule has 0 fully saturated rings. The second-order valence-corrected chi connectivity index (χ2v) is 5.03. The molecule has 106 valence electrons. The number of hydrogen-bond donors (Lipinski definition) is 1. The lowest BCUT2D eigenvalue weighted by Crippen LogP contribution is -2.16. The van der Waals surface area contributed by atoms with Crippen LogP contribution in [0.1, 0.15) is 56.3 Å². The van der Waals surface area contributed by atoms with E-state index >= 15 is 0 Å². The molecule has 1 atom stereocenters. The van der Waals surface area contributed by atoms with Crippen molar-refractivity contribution in [3.05, 3.63) is 23.0 Å². The highest BCUT2D eigenvalue weighted by atomic mass is 35.5. The Morgan fingerprint density at radius 1 is 1.47 bits per heavy atom. The third kappa shape index (κ3) is 5.47. The topological polar surface area (TPSA) is 65.2 Å². The van der Waals surface area contributed by atoms with E-state index in [0.717, 1.165) is 12.8 Å². The van der Waals surface area contributed by atoms with Crippen LogP contribution >= 0.6 is 11.6 Å². The molecule has 19 heavy (non-hydrogen) atoms. The highest BCUT2D eigenvalue weighted by Gasteiger charge is 2.16. The third-order valence-electron chi connectivity index (χ3n) is 2.85. The summed E-state index contributed by atoms with van der Waals surface area (Å²) in [5.74, 6) is -0.465. The maximum absolute atomic E-state index is 11.9. The predicted molar refractivity (Wildman–Crippen MR) is 77.3 cm³/mol. The van der Waals surface area contributed by atoms with Crippen LogP contribution in [0, 0.1) is 0 Å². The predicted octanol–water partition coefficient (Wildman–Crippen LogP) is 3.83. The van der Waals surface area contributed by atoms with Crippen molar-refractivity contribution in [3.8, 4) is 0 Å². The van der Waals surface area contributed by atoms with Crippen molar-refractivity contribution in [1.29, 1.82) is 0 Å². The average molecular weight is 285 g/mol. The van der Waals surface area contributed by atoms with Crippen molar-refractivity contribution in [2.24, 2.45) is 0 Å². The summed E-state index contributed by atoms with van der Waals surface area (Å²) < 4.78 is 5.33. The van der Waals surface area contributed by atoms with E-state index in [9.17, 15) is 4.79 Å². The van der Waals surface area contributed by atoms with E-state index < -0.39 is 5.97 Å². The maximum Gasteiger partial charge on any atom is 0.341 e. The van der Waals surface area contributed by atoms with Crippen LogP contribution in [0.25, 0.3) is 0 Å². The molecule has 1 aromatic heterocycles. The summed E-state index contributed by atoms with van der Waals surface area (Å²) in [6, 6.07) is 1.49. The Balaban J connectivity index is 2.47. The number of nitrogen functional groups attached to an aromatic ring is 1. The molecule has 1 unspecified atom stereocenters. The summed E-state index contributed by atoms with van der Waals surface area (Å²) in [7, 11) is 0. The number of hydrogen-bond acceptors (Lipinski definition) is 4. The molecule has 2 N–H and O–H groups in total. The van der Waals surface area contributed by atoms with Gasteiger partial charge in [-0.05, 0) is 25.8 Å². The highest BCUT2D eigenvalue weighted by Crippen LogP contribution is 2.18. The summed E-state index contributed by atoms with van der Waals surface area (Å²) >= 11 is 5.85. The van der Waals surface area contributed by atoms with E-state index in [4.69, 9.17) is 22.1 Å². The highest BCUT2D eigenvalue weighted by molar-refractivity contribution is 6.32. The van der Waals surface area contributed by atoms with E-state index in [-0.39, 0.29) is 16.8 Å². The van der Waals surface area contributed by atoms with Gasteiger partial charge in [0, 0.05) is 0 Å². The zero-order chi connectivity index (χ0) is 14.3. The standard InChI is InChI=1S/C14H21ClN2O2/c1-3-4-5-6-7-10(2)19-14(18)12-8-11(16)9-17-13(12)15/h8-10H,3-7,16H2,1-2H3. The summed E-state index contributed by atoms with van der Waals surface area (Å²) in [4.78, 5) is 15.7. The first-order valence-corrected chi connectivity index (χ1v) is 7.04. The Hall–Kier alpha value is -1.29. The quantitative estimate of drug-likeness (QED) is 0.469. The first kappa shape index (κ1) is 15.8. The molecule has 0 aliphatic heterocycles. The fourth-order valence-corrected chi connectivity index (χ4v) is 1.95. The number of rotatable bonds is 7. The lowest BCUT2D eigenvalue weighted by molar-refractivity contribution is 0.0319. The Labute approximate surface area is 119 Å². The lowest BCUT2D eigenvalue weighted by atomic mass is 10.1. The van der Waals surface area contributed by atoms with Gasteiger partial charge in [-0.25, -0.2) is 9.78 Å². The molecule has 0 saturated carbocycles. The summed E-state index contributed by atoms with van der Waals surface area (Å²) in [6.07, 6.45) is 6.78. The second-order valence-electron chi connectivity index (χ2n) is 4.67. The first-order valence-electron chi connectivity index (χ1n) is 6.66. The van der Waals surface area contributed by atoms with Crippen molar-refractivity contribution < 1.29 is 9.53 Å². The number of ether oxygens (including phenoxy) is 1. The van der Waals surface area contributed by atoms with Crippen LogP contribution in [0.4, 0.5) is 5.69 Å². The minimum atomic E-state index is -0.465. The van der Waals surface area contributed by atoms with Crippen LogP contribution in [-0.2, 0) is 4.74 Å². The number of aromatic nitrogens is 1. The van der Waals surface area contributed by atoms with Crippen LogP contribution in [-0.4, -0.2) is 17.1 Å². The van der Waals surface area contributed by atoms with Gasteiger partial charge in [0.1, 0.15) is 5.15 Å².